The predicted octanol–water partition coefficient (Wildman–Crippen LogP) is 1.48. The number of halogens is 1. The van der Waals surface area contributed by atoms with E-state index in [-0.39, 0.29) is 11.4 Å². The second-order valence-electron chi connectivity index (χ2n) is 4.38. The smallest absolute Gasteiger partial charge is 0.246 e. The van der Waals surface area contributed by atoms with E-state index in [9.17, 15) is 12.8 Å². The van der Waals surface area contributed by atoms with Crippen molar-refractivity contribution < 1.29 is 12.8 Å². The minimum absolute atomic E-state index is 0.0135. The zero-order chi connectivity index (χ0) is 15.5. The lowest BCUT2D eigenvalue weighted by atomic mass is 10.2. The van der Waals surface area contributed by atoms with Crippen LogP contribution in [0.25, 0.3) is 0 Å². The molecule has 0 amide bonds. The third-order valence-electron chi connectivity index (χ3n) is 2.85. The first-order valence-electron chi connectivity index (χ1n) is 6.14. The van der Waals surface area contributed by atoms with E-state index in [4.69, 9.17) is 0 Å². The molecule has 0 fully saturated rings. The molecule has 2 rings (SSSR count). The summed E-state index contributed by atoms with van der Waals surface area (Å²) >= 11 is 0. The number of nitrogens with one attached hydrogen (secondary N) is 1. The van der Waals surface area contributed by atoms with Crippen molar-refractivity contribution in [1.82, 2.24) is 14.3 Å². The predicted molar refractivity (Wildman–Crippen MR) is 76.6 cm³/mol. The van der Waals surface area contributed by atoms with Crippen molar-refractivity contribution in [3.05, 3.63) is 48.0 Å². The molecule has 1 aromatic heterocycles. The van der Waals surface area contributed by atoms with Gasteiger partial charge >= 0.3 is 0 Å². The van der Waals surface area contributed by atoms with Gasteiger partial charge in [0, 0.05) is 20.6 Å². The third kappa shape index (κ3) is 3.53. The highest BCUT2D eigenvalue weighted by Gasteiger charge is 2.22. The summed E-state index contributed by atoms with van der Waals surface area (Å²) in [4.78, 5) is 7.74. The van der Waals surface area contributed by atoms with Crippen LogP contribution in [0.4, 0.5) is 10.3 Å². The van der Waals surface area contributed by atoms with Gasteiger partial charge < -0.3 is 5.32 Å². The summed E-state index contributed by atoms with van der Waals surface area (Å²) in [5.41, 5.74) is 0.564. The molecule has 0 atom stereocenters. The van der Waals surface area contributed by atoms with Crippen LogP contribution in [0.3, 0.4) is 0 Å². The van der Waals surface area contributed by atoms with Crippen LogP contribution in [0.1, 0.15) is 5.56 Å². The van der Waals surface area contributed by atoms with Crippen molar-refractivity contribution in [1.29, 1.82) is 0 Å². The third-order valence-corrected chi connectivity index (χ3v) is 4.61. The van der Waals surface area contributed by atoms with Crippen LogP contribution in [-0.4, -0.2) is 36.8 Å². The largest absolute Gasteiger partial charge is 0.357 e. The molecule has 6 nitrogen and oxygen atoms in total. The van der Waals surface area contributed by atoms with Crippen LogP contribution in [0.15, 0.2) is 41.6 Å². The maximum absolute atomic E-state index is 13.1. The average molecular weight is 310 g/mol. The first-order valence-corrected chi connectivity index (χ1v) is 7.58. The fourth-order valence-electron chi connectivity index (χ4n) is 1.74. The van der Waals surface area contributed by atoms with Crippen molar-refractivity contribution >= 4 is 16.0 Å². The molecular formula is C13H15FN4O2S. The number of hydrogen-bond acceptors (Lipinski definition) is 5. The summed E-state index contributed by atoms with van der Waals surface area (Å²) in [6, 6.07) is 5.81. The topological polar surface area (TPSA) is 75.2 Å². The monoisotopic (exact) mass is 310 g/mol. The van der Waals surface area contributed by atoms with Crippen molar-refractivity contribution in [2.45, 2.75) is 11.4 Å². The number of sulfonamides is 1. The number of anilines is 1. The molecule has 0 saturated heterocycles. The normalized spacial score (nSPS) is 11.6. The lowest BCUT2D eigenvalue weighted by molar-refractivity contribution is 0.465. The molecule has 0 radical (unpaired) electrons. The van der Waals surface area contributed by atoms with E-state index < -0.39 is 15.8 Å². The highest BCUT2D eigenvalue weighted by Crippen LogP contribution is 2.16. The van der Waals surface area contributed by atoms with E-state index in [1.54, 1.807) is 13.1 Å². The number of benzene rings is 1. The fraction of sp³-hybridized carbons (Fsp3) is 0.231. The lowest BCUT2D eigenvalue weighted by Gasteiger charge is -2.17. The van der Waals surface area contributed by atoms with Crippen LogP contribution < -0.4 is 5.32 Å². The van der Waals surface area contributed by atoms with Gasteiger partial charge in [0.25, 0.3) is 0 Å². The molecule has 21 heavy (non-hydrogen) atoms. The van der Waals surface area contributed by atoms with Gasteiger partial charge in [-0.05, 0) is 17.7 Å². The maximum atomic E-state index is 13.1. The molecule has 2 aromatic rings. The molecule has 0 saturated carbocycles. The quantitative estimate of drug-likeness (QED) is 0.905. The van der Waals surface area contributed by atoms with Crippen LogP contribution in [0.2, 0.25) is 0 Å². The number of hydrogen-bond donors (Lipinski definition) is 1. The van der Waals surface area contributed by atoms with Gasteiger partial charge in [-0.2, -0.15) is 4.31 Å². The zero-order valence-electron chi connectivity index (χ0n) is 11.6. The first kappa shape index (κ1) is 15.3. The Bertz CT molecular complexity index is 719. The second-order valence-corrected chi connectivity index (χ2v) is 6.43. The first-order chi connectivity index (χ1) is 9.93. The molecule has 1 heterocycles. The van der Waals surface area contributed by atoms with Crippen molar-refractivity contribution in [3.63, 3.8) is 0 Å². The van der Waals surface area contributed by atoms with Crippen LogP contribution >= 0.6 is 0 Å². The molecule has 0 bridgehead atoms. The van der Waals surface area contributed by atoms with Gasteiger partial charge in [0.15, 0.2) is 0 Å². The van der Waals surface area contributed by atoms with Gasteiger partial charge in [-0.3, -0.25) is 0 Å². The molecule has 112 valence electrons. The SMILES string of the molecule is CNc1ncc(S(=O)(=O)N(C)Cc2cccc(F)c2)cn1. The molecule has 1 aromatic carbocycles. The number of rotatable bonds is 5. The van der Waals surface area contributed by atoms with Gasteiger partial charge in [-0.25, -0.2) is 22.8 Å². The average Bonchev–Trinajstić information content (AvgIpc) is 2.47. The highest BCUT2D eigenvalue weighted by atomic mass is 32.2. The summed E-state index contributed by atoms with van der Waals surface area (Å²) in [5.74, 6) is -0.0678. The van der Waals surface area contributed by atoms with Gasteiger partial charge in [0.2, 0.25) is 16.0 Å². The van der Waals surface area contributed by atoms with Crippen LogP contribution in [0, 0.1) is 5.82 Å². The number of nitrogens with zero attached hydrogens (tertiary/aromatic N) is 3. The summed E-state index contributed by atoms with van der Waals surface area (Å²) in [5, 5.41) is 2.71. The Morgan fingerprint density at radius 1 is 1.29 bits per heavy atom. The molecule has 8 heteroatoms. The van der Waals surface area contributed by atoms with E-state index in [1.807, 2.05) is 0 Å². The summed E-state index contributed by atoms with van der Waals surface area (Å²) in [7, 11) is -0.656. The summed E-state index contributed by atoms with van der Waals surface area (Å²) in [6.07, 6.45) is 2.46. The molecule has 0 spiro atoms. The van der Waals surface area contributed by atoms with E-state index in [1.165, 1.54) is 37.6 Å². The lowest BCUT2D eigenvalue weighted by Crippen LogP contribution is -2.26. The Balaban J connectivity index is 2.21. The van der Waals surface area contributed by atoms with Gasteiger partial charge in [0.1, 0.15) is 10.7 Å². The van der Waals surface area contributed by atoms with Gasteiger partial charge in [-0.1, -0.05) is 12.1 Å². The molecule has 0 aliphatic rings. The van der Waals surface area contributed by atoms with E-state index in [0.29, 0.717) is 11.5 Å². The Hall–Kier alpha value is -2.06. The van der Waals surface area contributed by atoms with Gasteiger partial charge in [-0.15, -0.1) is 0 Å². The Morgan fingerprint density at radius 3 is 2.52 bits per heavy atom. The van der Waals surface area contributed by atoms with Crippen LogP contribution in [0.5, 0.6) is 0 Å². The van der Waals surface area contributed by atoms with E-state index in [2.05, 4.69) is 15.3 Å². The zero-order valence-corrected chi connectivity index (χ0v) is 12.4. The molecular weight excluding hydrogens is 295 g/mol. The maximum Gasteiger partial charge on any atom is 0.246 e. The fourth-order valence-corrected chi connectivity index (χ4v) is 2.79. The van der Waals surface area contributed by atoms with Crippen molar-refractivity contribution in [3.8, 4) is 0 Å². The Labute approximate surface area is 122 Å². The minimum Gasteiger partial charge on any atom is -0.357 e. The molecule has 1 N–H and O–H groups in total. The van der Waals surface area contributed by atoms with Gasteiger partial charge in [0.05, 0.1) is 12.4 Å². The molecule has 0 unspecified atom stereocenters. The van der Waals surface area contributed by atoms with Crippen molar-refractivity contribution in [2.75, 3.05) is 19.4 Å². The highest BCUT2D eigenvalue weighted by molar-refractivity contribution is 7.89. The second kappa shape index (κ2) is 6.15. The standard InChI is InChI=1S/C13H15FN4O2S/c1-15-13-16-7-12(8-17-13)21(19,20)18(2)9-10-4-3-5-11(14)6-10/h3-8H,9H2,1-2H3,(H,15,16,17). The minimum atomic E-state index is -3.72. The Morgan fingerprint density at radius 2 is 1.95 bits per heavy atom. The summed E-state index contributed by atoms with van der Waals surface area (Å²) < 4.78 is 39.0. The van der Waals surface area contributed by atoms with E-state index in [0.717, 1.165) is 4.31 Å². The number of aromatic nitrogens is 2. The van der Waals surface area contributed by atoms with Crippen molar-refractivity contribution in [2.24, 2.45) is 0 Å². The Kier molecular flexibility index (Phi) is 4.49. The van der Waals surface area contributed by atoms with E-state index >= 15 is 0 Å². The van der Waals surface area contributed by atoms with Crippen LogP contribution in [-0.2, 0) is 16.6 Å². The molecule has 0 aliphatic heterocycles. The summed E-state index contributed by atoms with van der Waals surface area (Å²) in [6.45, 7) is 0.0634. The molecule has 0 aliphatic carbocycles.